The minimum Gasteiger partial charge on any atom is -0.467 e. The van der Waals surface area contributed by atoms with E-state index in [0.29, 0.717) is 31.6 Å². The molecule has 1 spiro atoms. The number of likely N-dealkylation sites (tertiary alicyclic amines) is 2. The zero-order valence-corrected chi connectivity index (χ0v) is 24.0. The summed E-state index contributed by atoms with van der Waals surface area (Å²) in [6.45, 7) is 13.0. The van der Waals surface area contributed by atoms with Crippen LogP contribution < -0.4 is 5.32 Å². The molecular weight excluding hydrogens is 474 g/mol. The Morgan fingerprint density at radius 2 is 1.61 bits per heavy atom. The maximum Gasteiger partial charge on any atom is 0.331 e. The van der Waals surface area contributed by atoms with Gasteiger partial charge in [0.05, 0.1) is 7.11 Å². The van der Waals surface area contributed by atoms with Gasteiger partial charge in [0.15, 0.2) is 0 Å². The van der Waals surface area contributed by atoms with E-state index in [1.54, 1.807) is 0 Å². The van der Waals surface area contributed by atoms with Crippen LogP contribution in [0.3, 0.4) is 0 Å². The van der Waals surface area contributed by atoms with Crippen molar-refractivity contribution in [2.24, 2.45) is 11.3 Å². The Morgan fingerprint density at radius 3 is 2.13 bits per heavy atom. The Morgan fingerprint density at radius 1 is 1.00 bits per heavy atom. The number of carbonyl (C=O) groups is 2. The van der Waals surface area contributed by atoms with E-state index < -0.39 is 5.54 Å². The van der Waals surface area contributed by atoms with Gasteiger partial charge in [-0.15, -0.1) is 0 Å². The quantitative estimate of drug-likeness (QED) is 0.417. The lowest BCUT2D eigenvalue weighted by Gasteiger charge is -2.62. The van der Waals surface area contributed by atoms with Crippen LogP contribution >= 0.6 is 0 Å². The first-order chi connectivity index (χ1) is 18.2. The molecule has 0 radical (unpaired) electrons. The van der Waals surface area contributed by atoms with Crippen molar-refractivity contribution in [3.63, 3.8) is 0 Å². The molecule has 2 fully saturated rings. The van der Waals surface area contributed by atoms with Gasteiger partial charge in [0, 0.05) is 37.1 Å². The second-order valence-corrected chi connectivity index (χ2v) is 11.6. The molecule has 6 heteroatoms. The van der Waals surface area contributed by atoms with Gasteiger partial charge in [-0.3, -0.25) is 4.90 Å². The summed E-state index contributed by atoms with van der Waals surface area (Å²) in [6, 6.07) is 20.2. The first-order valence-corrected chi connectivity index (χ1v) is 14.3. The lowest BCUT2D eigenvalue weighted by Crippen LogP contribution is -2.66. The molecular formula is C32H45N3O3. The number of methoxy groups -OCH3 is 1. The summed E-state index contributed by atoms with van der Waals surface area (Å²) in [4.78, 5) is 30.7. The molecule has 0 bridgehead atoms. The molecule has 2 heterocycles. The third kappa shape index (κ3) is 5.07. The normalized spacial score (nSPS) is 21.4. The fraction of sp³-hybridized carbons (Fsp3) is 0.562. The van der Waals surface area contributed by atoms with Crippen LogP contribution in [0, 0.1) is 11.3 Å². The molecule has 2 saturated heterocycles. The third-order valence-corrected chi connectivity index (χ3v) is 9.34. The van der Waals surface area contributed by atoms with Crippen molar-refractivity contribution < 1.29 is 14.3 Å². The predicted molar refractivity (Wildman–Crippen MR) is 153 cm³/mol. The van der Waals surface area contributed by atoms with Crippen LogP contribution in [0.1, 0.15) is 71.9 Å². The zero-order valence-electron chi connectivity index (χ0n) is 24.0. The van der Waals surface area contributed by atoms with Gasteiger partial charge in [-0.25, -0.2) is 9.59 Å². The Balaban J connectivity index is 1.48. The van der Waals surface area contributed by atoms with Crippen molar-refractivity contribution >= 4 is 12.0 Å². The average Bonchev–Trinajstić information content (AvgIpc) is 2.94. The monoisotopic (exact) mass is 519 g/mol. The van der Waals surface area contributed by atoms with Crippen LogP contribution in [0.25, 0.3) is 11.1 Å². The second kappa shape index (κ2) is 11.5. The van der Waals surface area contributed by atoms with Gasteiger partial charge >= 0.3 is 12.0 Å². The zero-order chi connectivity index (χ0) is 27.5. The Kier molecular flexibility index (Phi) is 8.51. The van der Waals surface area contributed by atoms with Gasteiger partial charge in [0.25, 0.3) is 0 Å². The van der Waals surface area contributed by atoms with E-state index in [4.69, 9.17) is 4.74 Å². The fourth-order valence-corrected chi connectivity index (χ4v) is 6.64. The van der Waals surface area contributed by atoms with Crippen LogP contribution in [-0.4, -0.2) is 60.1 Å². The van der Waals surface area contributed by atoms with E-state index in [1.165, 1.54) is 23.8 Å². The first kappa shape index (κ1) is 28.2. The lowest BCUT2D eigenvalue weighted by molar-refractivity contribution is -0.151. The van der Waals surface area contributed by atoms with E-state index in [9.17, 15) is 9.59 Å². The van der Waals surface area contributed by atoms with Crippen molar-refractivity contribution in [3.8, 4) is 11.1 Å². The van der Waals surface area contributed by atoms with Crippen molar-refractivity contribution in [3.05, 3.63) is 60.2 Å². The number of nitrogens with one attached hydrogen (secondary N) is 1. The van der Waals surface area contributed by atoms with Crippen LogP contribution in [0.4, 0.5) is 4.79 Å². The Bertz CT molecular complexity index is 1090. The molecule has 0 aromatic heterocycles. The van der Waals surface area contributed by atoms with Crippen LogP contribution in [0.15, 0.2) is 54.6 Å². The van der Waals surface area contributed by atoms with E-state index in [1.807, 2.05) is 31.7 Å². The Labute approximate surface area is 228 Å². The summed E-state index contributed by atoms with van der Waals surface area (Å²) in [5.74, 6) is -0.378. The number of amides is 2. The maximum atomic E-state index is 13.4. The third-order valence-electron chi connectivity index (χ3n) is 9.34. The first-order valence-electron chi connectivity index (χ1n) is 14.3. The SMILES string of the molecule is CC[C@H](C)[C@](CC)(NC(=O)N1CCC2(CC1)CN(C(C)C)C2c1ccc(-c2ccccc2)cc1)C(=O)OC. The van der Waals surface area contributed by atoms with Gasteiger partial charge in [-0.2, -0.15) is 0 Å². The molecule has 3 atom stereocenters. The number of benzene rings is 2. The standard InChI is InChI=1S/C32H45N3O3/c1-7-24(5)32(8-2,29(36)38-6)33-30(37)34-20-18-31(19-21-34)22-35(23(3)4)28(31)27-16-14-26(15-17-27)25-12-10-9-11-13-25/h9-17,23-24,28H,7-8,18-22H2,1-6H3,(H,33,37)/t24-,28?,32-/m0/s1. The molecule has 38 heavy (non-hydrogen) atoms. The Hall–Kier alpha value is -2.86. The van der Waals surface area contributed by atoms with Crippen LogP contribution in [0.2, 0.25) is 0 Å². The molecule has 1 unspecified atom stereocenters. The molecule has 206 valence electrons. The van der Waals surface area contributed by atoms with Gasteiger partial charge < -0.3 is 15.0 Å². The van der Waals surface area contributed by atoms with Gasteiger partial charge in [0.1, 0.15) is 5.54 Å². The van der Waals surface area contributed by atoms with Crippen LogP contribution in [0.5, 0.6) is 0 Å². The molecule has 2 amide bonds. The number of rotatable bonds is 8. The average molecular weight is 520 g/mol. The summed E-state index contributed by atoms with van der Waals surface area (Å²) in [6.07, 6.45) is 3.19. The summed E-state index contributed by atoms with van der Waals surface area (Å²) in [5.41, 5.74) is 2.99. The van der Waals surface area contributed by atoms with Crippen molar-refractivity contribution in [2.75, 3.05) is 26.7 Å². The topological polar surface area (TPSA) is 61.9 Å². The summed E-state index contributed by atoms with van der Waals surface area (Å²) in [5, 5.41) is 3.11. The molecule has 6 nitrogen and oxygen atoms in total. The lowest BCUT2D eigenvalue weighted by atomic mass is 9.62. The van der Waals surface area contributed by atoms with Gasteiger partial charge in [0.2, 0.25) is 0 Å². The number of esters is 1. The largest absolute Gasteiger partial charge is 0.467 e. The fourth-order valence-electron chi connectivity index (χ4n) is 6.64. The highest BCUT2D eigenvalue weighted by atomic mass is 16.5. The molecule has 2 aromatic carbocycles. The van der Waals surface area contributed by atoms with Gasteiger partial charge in [-0.1, -0.05) is 81.8 Å². The highest BCUT2D eigenvalue weighted by Crippen LogP contribution is 2.55. The number of hydrogen-bond donors (Lipinski definition) is 1. The summed E-state index contributed by atoms with van der Waals surface area (Å²) >= 11 is 0. The van der Waals surface area contributed by atoms with Gasteiger partial charge in [-0.05, 0) is 55.7 Å². The second-order valence-electron chi connectivity index (χ2n) is 11.6. The summed E-state index contributed by atoms with van der Waals surface area (Å²) in [7, 11) is 1.40. The minimum absolute atomic E-state index is 0.0190. The van der Waals surface area contributed by atoms with E-state index in [-0.39, 0.29) is 23.3 Å². The highest BCUT2D eigenvalue weighted by Gasteiger charge is 2.55. The van der Waals surface area contributed by atoms with E-state index in [0.717, 1.165) is 25.8 Å². The molecule has 2 aliphatic heterocycles. The smallest absolute Gasteiger partial charge is 0.331 e. The number of ether oxygens (including phenoxy) is 1. The van der Waals surface area contributed by atoms with E-state index >= 15 is 0 Å². The number of piperidine rings is 1. The molecule has 2 aliphatic rings. The predicted octanol–water partition coefficient (Wildman–Crippen LogP) is 6.28. The maximum absolute atomic E-state index is 13.4. The number of hydrogen-bond acceptors (Lipinski definition) is 4. The molecule has 2 aromatic rings. The minimum atomic E-state index is -0.996. The van der Waals surface area contributed by atoms with Crippen LogP contribution in [-0.2, 0) is 9.53 Å². The number of nitrogens with zero attached hydrogens (tertiary/aromatic N) is 2. The molecule has 4 rings (SSSR count). The summed E-state index contributed by atoms with van der Waals surface area (Å²) < 4.78 is 5.13. The highest BCUT2D eigenvalue weighted by molar-refractivity contribution is 5.87. The van der Waals surface area contributed by atoms with Crippen molar-refractivity contribution in [2.45, 2.75) is 77.9 Å². The molecule has 0 aliphatic carbocycles. The van der Waals surface area contributed by atoms with Crippen molar-refractivity contribution in [1.82, 2.24) is 15.1 Å². The molecule has 0 saturated carbocycles. The number of urea groups is 1. The van der Waals surface area contributed by atoms with E-state index in [2.05, 4.69) is 72.6 Å². The molecule has 1 N–H and O–H groups in total. The number of carbonyl (C=O) groups excluding carboxylic acids is 2. The van der Waals surface area contributed by atoms with Crippen molar-refractivity contribution in [1.29, 1.82) is 0 Å².